The predicted molar refractivity (Wildman–Crippen MR) is 89.0 cm³/mol. The maximum Gasteiger partial charge on any atom is 0.269 e. The van der Waals surface area contributed by atoms with E-state index in [0.717, 1.165) is 5.56 Å². The Balaban J connectivity index is 1.77. The van der Waals surface area contributed by atoms with Crippen LogP contribution in [0.3, 0.4) is 0 Å². The van der Waals surface area contributed by atoms with Crippen LogP contribution in [0.15, 0.2) is 48.5 Å². The van der Waals surface area contributed by atoms with E-state index in [-0.39, 0.29) is 5.91 Å². The number of nitrogens with zero attached hydrogens (tertiary/aromatic N) is 1. The molecule has 0 spiro atoms. The number of nitrogens with one attached hydrogen (secondary N) is 1. The van der Waals surface area contributed by atoms with Gasteiger partial charge in [0.1, 0.15) is 11.4 Å². The van der Waals surface area contributed by atoms with Crippen LogP contribution in [0.25, 0.3) is 0 Å². The fraction of sp³-hybridized carbons (Fsp3) is 0.125. The Morgan fingerprint density at radius 3 is 2.30 bits per heavy atom. The molecule has 2 aromatic carbocycles. The molecule has 1 saturated heterocycles. The molecule has 5 nitrogen and oxygen atoms in total. The van der Waals surface area contributed by atoms with Gasteiger partial charge in [0, 0.05) is 16.3 Å². The van der Waals surface area contributed by atoms with Crippen LogP contribution in [0.5, 0.6) is 0 Å². The van der Waals surface area contributed by atoms with Gasteiger partial charge >= 0.3 is 0 Å². The van der Waals surface area contributed by atoms with Crippen molar-refractivity contribution in [2.24, 2.45) is 0 Å². The predicted octanol–water partition coefficient (Wildman–Crippen LogP) is 2.76. The van der Waals surface area contributed by atoms with E-state index in [1.165, 1.54) is 5.01 Å². The first kappa shape index (κ1) is 15.6. The van der Waals surface area contributed by atoms with Crippen molar-refractivity contribution in [3.8, 4) is 0 Å². The Hall–Kier alpha value is -2.24. The molecule has 1 unspecified atom stereocenters. The fourth-order valence-corrected chi connectivity index (χ4v) is 2.85. The number of halogens is 2. The summed E-state index contributed by atoms with van der Waals surface area (Å²) in [6, 6.07) is 13.0. The standard InChI is InChI=1S/C16H13Cl2N3O2/c17-11-5-1-9(2-6-11)14-13(18)16(23)21(14)20-15(22)10-3-7-12(19)8-4-10/h1-8,13-14H,19H2,(H,20,22)/t13-,14?/m1/s1. The average Bonchev–Trinajstić information content (AvgIpc) is 2.56. The van der Waals surface area contributed by atoms with Crippen LogP contribution in [-0.2, 0) is 4.79 Å². The summed E-state index contributed by atoms with van der Waals surface area (Å²) in [5, 5.41) is 1.10. The first-order valence-electron chi connectivity index (χ1n) is 6.86. The molecule has 2 amide bonds. The molecule has 2 aromatic rings. The number of alkyl halides is 1. The van der Waals surface area contributed by atoms with Crippen molar-refractivity contribution < 1.29 is 9.59 Å². The largest absolute Gasteiger partial charge is 0.399 e. The minimum Gasteiger partial charge on any atom is -0.399 e. The fourth-order valence-electron chi connectivity index (χ4n) is 2.36. The number of hydrogen-bond acceptors (Lipinski definition) is 3. The second-order valence-electron chi connectivity index (χ2n) is 5.17. The van der Waals surface area contributed by atoms with Crippen LogP contribution < -0.4 is 11.2 Å². The lowest BCUT2D eigenvalue weighted by atomic mass is 9.95. The number of benzene rings is 2. The third-order valence-corrected chi connectivity index (χ3v) is 4.31. The van der Waals surface area contributed by atoms with Gasteiger partial charge in [-0.3, -0.25) is 15.0 Å². The zero-order valence-electron chi connectivity index (χ0n) is 11.9. The summed E-state index contributed by atoms with van der Waals surface area (Å²) in [6.07, 6.45) is 0. The molecular formula is C16H13Cl2N3O2. The Bertz CT molecular complexity index is 747. The minimum absolute atomic E-state index is 0.351. The third-order valence-electron chi connectivity index (χ3n) is 3.64. The highest BCUT2D eigenvalue weighted by atomic mass is 35.5. The molecule has 1 aliphatic rings. The van der Waals surface area contributed by atoms with E-state index >= 15 is 0 Å². The Kier molecular flexibility index (Phi) is 4.15. The molecule has 1 heterocycles. The minimum atomic E-state index is -0.720. The van der Waals surface area contributed by atoms with Gasteiger partial charge < -0.3 is 5.73 Å². The van der Waals surface area contributed by atoms with Crippen LogP contribution in [0.4, 0.5) is 5.69 Å². The molecule has 0 bridgehead atoms. The van der Waals surface area contributed by atoms with Crippen molar-refractivity contribution in [2.75, 3.05) is 5.73 Å². The van der Waals surface area contributed by atoms with E-state index in [0.29, 0.717) is 16.3 Å². The van der Waals surface area contributed by atoms with Crippen molar-refractivity contribution in [2.45, 2.75) is 11.4 Å². The molecule has 3 N–H and O–H groups in total. The quantitative estimate of drug-likeness (QED) is 0.508. The summed E-state index contributed by atoms with van der Waals surface area (Å²) < 4.78 is 0. The number of anilines is 1. The maximum atomic E-state index is 12.2. The van der Waals surface area contributed by atoms with Gasteiger partial charge in [-0.1, -0.05) is 23.7 Å². The average molecular weight is 350 g/mol. The van der Waals surface area contributed by atoms with Crippen LogP contribution in [-0.4, -0.2) is 22.2 Å². The van der Waals surface area contributed by atoms with Crippen LogP contribution in [0, 0.1) is 0 Å². The number of hydrazine groups is 1. The molecule has 3 rings (SSSR count). The number of β-lactam (4-membered cyclic amide) rings is 1. The van der Waals surface area contributed by atoms with E-state index in [2.05, 4.69) is 5.43 Å². The lowest BCUT2D eigenvalue weighted by molar-refractivity contribution is -0.149. The second-order valence-corrected chi connectivity index (χ2v) is 6.08. The molecular weight excluding hydrogens is 337 g/mol. The molecule has 2 atom stereocenters. The van der Waals surface area contributed by atoms with Crippen molar-refractivity contribution >= 4 is 40.7 Å². The first-order chi connectivity index (χ1) is 11.0. The summed E-state index contributed by atoms with van der Waals surface area (Å²) in [5.74, 6) is -0.753. The highest BCUT2D eigenvalue weighted by Crippen LogP contribution is 2.37. The van der Waals surface area contributed by atoms with Gasteiger partial charge in [0.2, 0.25) is 0 Å². The maximum absolute atomic E-state index is 12.2. The smallest absolute Gasteiger partial charge is 0.269 e. The monoisotopic (exact) mass is 349 g/mol. The summed E-state index contributed by atoms with van der Waals surface area (Å²) in [4.78, 5) is 24.2. The molecule has 1 fully saturated rings. The SMILES string of the molecule is Nc1ccc(C(=O)NN2C(=O)[C@H](Cl)C2c2ccc(Cl)cc2)cc1. The molecule has 0 radical (unpaired) electrons. The molecule has 7 heteroatoms. The van der Waals surface area contributed by atoms with E-state index < -0.39 is 17.3 Å². The number of rotatable bonds is 3. The number of carbonyl (C=O) groups excluding carboxylic acids is 2. The summed E-state index contributed by atoms with van der Waals surface area (Å²) in [7, 11) is 0. The van der Waals surface area contributed by atoms with Gasteiger partial charge in [-0.05, 0) is 42.0 Å². The zero-order chi connectivity index (χ0) is 16.6. The van der Waals surface area contributed by atoms with Gasteiger partial charge in [0.15, 0.2) is 0 Å². The van der Waals surface area contributed by atoms with E-state index in [9.17, 15) is 9.59 Å². The second kappa shape index (κ2) is 6.10. The van der Waals surface area contributed by atoms with Crippen molar-refractivity contribution in [1.29, 1.82) is 0 Å². The molecule has 23 heavy (non-hydrogen) atoms. The van der Waals surface area contributed by atoms with E-state index in [4.69, 9.17) is 28.9 Å². The normalized spacial score (nSPS) is 20.1. The Morgan fingerprint density at radius 1 is 1.09 bits per heavy atom. The van der Waals surface area contributed by atoms with E-state index in [1.807, 2.05) is 0 Å². The summed E-state index contributed by atoms with van der Waals surface area (Å²) in [5.41, 5.74) is 9.93. The van der Waals surface area contributed by atoms with Gasteiger partial charge in [-0.25, -0.2) is 5.01 Å². The number of nitrogens with two attached hydrogens (primary N) is 1. The lowest BCUT2D eigenvalue weighted by Gasteiger charge is -2.43. The van der Waals surface area contributed by atoms with Crippen molar-refractivity contribution in [3.63, 3.8) is 0 Å². The zero-order valence-corrected chi connectivity index (χ0v) is 13.4. The van der Waals surface area contributed by atoms with Crippen LogP contribution >= 0.6 is 23.2 Å². The van der Waals surface area contributed by atoms with Gasteiger partial charge in [0.25, 0.3) is 11.8 Å². The number of nitrogen functional groups attached to an aromatic ring is 1. The Labute approximate surface area is 142 Å². The summed E-state index contributed by atoms with van der Waals surface area (Å²) in [6.45, 7) is 0. The lowest BCUT2D eigenvalue weighted by Crippen LogP contribution is -2.63. The van der Waals surface area contributed by atoms with E-state index in [1.54, 1.807) is 48.5 Å². The highest BCUT2D eigenvalue weighted by Gasteiger charge is 2.48. The number of hydrogen-bond donors (Lipinski definition) is 2. The van der Waals surface area contributed by atoms with Gasteiger partial charge in [-0.2, -0.15) is 0 Å². The number of amides is 2. The molecule has 118 valence electrons. The van der Waals surface area contributed by atoms with Crippen LogP contribution in [0.1, 0.15) is 22.0 Å². The van der Waals surface area contributed by atoms with Crippen LogP contribution in [0.2, 0.25) is 5.02 Å². The summed E-state index contributed by atoms with van der Waals surface area (Å²) >= 11 is 12.0. The highest BCUT2D eigenvalue weighted by molar-refractivity contribution is 6.33. The van der Waals surface area contributed by atoms with Crippen molar-refractivity contribution in [1.82, 2.24) is 10.4 Å². The molecule has 1 aliphatic heterocycles. The third kappa shape index (κ3) is 2.98. The number of carbonyl (C=O) groups is 2. The molecule has 0 aliphatic carbocycles. The van der Waals surface area contributed by atoms with Crippen molar-refractivity contribution in [3.05, 3.63) is 64.7 Å². The van der Waals surface area contributed by atoms with Gasteiger partial charge in [-0.15, -0.1) is 11.6 Å². The first-order valence-corrected chi connectivity index (χ1v) is 7.68. The topological polar surface area (TPSA) is 75.4 Å². The molecule has 0 aromatic heterocycles. The van der Waals surface area contributed by atoms with Gasteiger partial charge in [0.05, 0.1) is 0 Å². The molecule has 0 saturated carbocycles. The Morgan fingerprint density at radius 2 is 1.70 bits per heavy atom.